The summed E-state index contributed by atoms with van der Waals surface area (Å²) in [4.78, 5) is 0.665. The number of allylic oxidation sites excluding steroid dienone is 1. The average molecular weight is 417 g/mol. The van der Waals surface area contributed by atoms with Crippen molar-refractivity contribution in [3.05, 3.63) is 11.6 Å². The average Bonchev–Trinajstić information content (AvgIpc) is 2.63. The first kappa shape index (κ1) is 23.2. The van der Waals surface area contributed by atoms with Gasteiger partial charge in [0, 0.05) is 11.4 Å². The van der Waals surface area contributed by atoms with Crippen LogP contribution < -0.4 is 0 Å². The van der Waals surface area contributed by atoms with Gasteiger partial charge in [-0.15, -0.1) is 0 Å². The number of hydrogen-bond donors (Lipinski definition) is 0. The van der Waals surface area contributed by atoms with E-state index in [9.17, 15) is 0 Å². The Labute approximate surface area is 165 Å². The predicted octanol–water partition coefficient (Wildman–Crippen LogP) is 7.55. The molecule has 2 unspecified atom stereocenters. The third kappa shape index (κ3) is 13.9. The summed E-state index contributed by atoms with van der Waals surface area (Å²) < 4.78 is 11.4. The van der Waals surface area contributed by atoms with Gasteiger partial charge in [-0.25, -0.2) is 0 Å². The van der Waals surface area contributed by atoms with Crippen LogP contribution in [0, 0.1) is 0 Å². The van der Waals surface area contributed by atoms with Crippen LogP contribution in [0.5, 0.6) is 0 Å². The molecule has 25 heavy (non-hydrogen) atoms. The molecule has 2 nitrogen and oxygen atoms in total. The molecule has 0 bridgehead atoms. The summed E-state index contributed by atoms with van der Waals surface area (Å²) in [5.41, 5.74) is 1.44. The number of unbranched alkanes of at least 4 members (excludes halogenated alkanes) is 7. The van der Waals surface area contributed by atoms with E-state index in [1.54, 1.807) is 0 Å². The van der Waals surface area contributed by atoms with Gasteiger partial charge in [0.2, 0.25) is 0 Å². The second-order valence-corrected chi connectivity index (χ2v) is 8.87. The summed E-state index contributed by atoms with van der Waals surface area (Å²) in [5, 5.41) is 0. The van der Waals surface area contributed by atoms with Crippen molar-refractivity contribution < 1.29 is 9.47 Å². The van der Waals surface area contributed by atoms with Crippen molar-refractivity contribution in [3.8, 4) is 0 Å². The van der Waals surface area contributed by atoms with Crippen LogP contribution in [-0.4, -0.2) is 24.3 Å². The maximum Gasteiger partial charge on any atom is 0.157 e. The minimum absolute atomic E-state index is 0.0312. The van der Waals surface area contributed by atoms with E-state index in [-0.39, 0.29) is 6.29 Å². The molecule has 148 valence electrons. The maximum absolute atomic E-state index is 5.78. The summed E-state index contributed by atoms with van der Waals surface area (Å²) in [5.74, 6) is 0. The molecule has 0 aliphatic carbocycles. The van der Waals surface area contributed by atoms with Crippen LogP contribution in [0.3, 0.4) is 0 Å². The van der Waals surface area contributed by atoms with Crippen LogP contribution in [0.4, 0.5) is 0 Å². The predicted molar refractivity (Wildman–Crippen MR) is 112 cm³/mol. The highest BCUT2D eigenvalue weighted by Gasteiger charge is 2.13. The van der Waals surface area contributed by atoms with Gasteiger partial charge >= 0.3 is 0 Å². The minimum atomic E-state index is 0.0312. The molecule has 3 heteroatoms. The molecule has 2 atom stereocenters. The molecule has 1 saturated heterocycles. The molecule has 1 aliphatic heterocycles. The molecule has 0 amide bonds. The Morgan fingerprint density at radius 3 is 2.48 bits per heavy atom. The monoisotopic (exact) mass is 416 g/mol. The van der Waals surface area contributed by atoms with Gasteiger partial charge < -0.3 is 9.47 Å². The van der Waals surface area contributed by atoms with Crippen molar-refractivity contribution in [1.82, 2.24) is 0 Å². The number of ether oxygens (including phenoxy) is 2. The highest BCUT2D eigenvalue weighted by molar-refractivity contribution is 9.09. The summed E-state index contributed by atoms with van der Waals surface area (Å²) >= 11 is 3.86. The highest BCUT2D eigenvalue weighted by atomic mass is 79.9. The molecule has 1 rings (SSSR count). The number of rotatable bonds is 15. The molecule has 0 N–H and O–H groups in total. The van der Waals surface area contributed by atoms with E-state index in [1.807, 2.05) is 0 Å². The molecule has 0 aromatic rings. The molecule has 0 radical (unpaired) electrons. The molecule has 0 spiro atoms. The van der Waals surface area contributed by atoms with Crippen LogP contribution in [0.15, 0.2) is 11.6 Å². The van der Waals surface area contributed by atoms with Crippen LogP contribution >= 0.6 is 15.9 Å². The summed E-state index contributed by atoms with van der Waals surface area (Å²) in [6, 6.07) is 0. The SMILES string of the molecule is CCCCCCCCCCC(Br)CC/C(C)=C/COC1CCCCO1. The Hall–Kier alpha value is 0.140. The molecule has 1 fully saturated rings. The third-order valence-corrected chi connectivity index (χ3v) is 5.99. The van der Waals surface area contributed by atoms with E-state index in [0.29, 0.717) is 11.4 Å². The Bertz CT molecular complexity index is 324. The van der Waals surface area contributed by atoms with Crippen molar-refractivity contribution in [1.29, 1.82) is 0 Å². The lowest BCUT2D eigenvalue weighted by Gasteiger charge is -2.22. The fraction of sp³-hybridized carbons (Fsp3) is 0.909. The van der Waals surface area contributed by atoms with Gasteiger partial charge in [0.05, 0.1) is 6.61 Å². The molecule has 1 heterocycles. The Balaban J connectivity index is 1.93. The van der Waals surface area contributed by atoms with Crippen LogP contribution in [0.25, 0.3) is 0 Å². The maximum atomic E-state index is 5.78. The quantitative estimate of drug-likeness (QED) is 0.156. The first-order chi connectivity index (χ1) is 12.2. The van der Waals surface area contributed by atoms with Gasteiger partial charge in [-0.05, 0) is 45.4 Å². The molecule has 0 saturated carbocycles. The smallest absolute Gasteiger partial charge is 0.157 e. The van der Waals surface area contributed by atoms with Crippen molar-refractivity contribution in [3.63, 3.8) is 0 Å². The van der Waals surface area contributed by atoms with Gasteiger partial charge in [-0.1, -0.05) is 85.9 Å². The van der Waals surface area contributed by atoms with E-state index in [2.05, 4.69) is 35.9 Å². The van der Waals surface area contributed by atoms with Crippen LogP contribution in [-0.2, 0) is 9.47 Å². The zero-order chi connectivity index (χ0) is 18.2. The van der Waals surface area contributed by atoms with Gasteiger partial charge in [-0.2, -0.15) is 0 Å². The van der Waals surface area contributed by atoms with Crippen molar-refractivity contribution in [2.24, 2.45) is 0 Å². The largest absolute Gasteiger partial charge is 0.353 e. The highest BCUT2D eigenvalue weighted by Crippen LogP contribution is 2.20. The van der Waals surface area contributed by atoms with Crippen LogP contribution in [0.1, 0.15) is 104 Å². The molecular weight excluding hydrogens is 376 g/mol. The first-order valence-electron chi connectivity index (χ1n) is 10.7. The minimum Gasteiger partial charge on any atom is -0.353 e. The van der Waals surface area contributed by atoms with Crippen molar-refractivity contribution >= 4 is 15.9 Å². The fourth-order valence-corrected chi connectivity index (χ4v) is 3.82. The number of alkyl halides is 1. The lowest BCUT2D eigenvalue weighted by Crippen LogP contribution is -2.22. The van der Waals surface area contributed by atoms with Gasteiger partial charge in [0.1, 0.15) is 0 Å². The van der Waals surface area contributed by atoms with Gasteiger partial charge in [-0.3, -0.25) is 0 Å². The molecule has 1 aliphatic rings. The van der Waals surface area contributed by atoms with E-state index < -0.39 is 0 Å². The molecular formula is C22H41BrO2. The van der Waals surface area contributed by atoms with Gasteiger partial charge in [0.15, 0.2) is 6.29 Å². The Morgan fingerprint density at radius 2 is 1.80 bits per heavy atom. The Kier molecular flexibility index (Phi) is 15.1. The lowest BCUT2D eigenvalue weighted by molar-refractivity contribution is -0.155. The first-order valence-corrected chi connectivity index (χ1v) is 11.7. The zero-order valence-electron chi connectivity index (χ0n) is 16.7. The molecule has 0 aromatic carbocycles. The fourth-order valence-electron chi connectivity index (χ4n) is 3.27. The lowest BCUT2D eigenvalue weighted by atomic mass is 10.0. The number of hydrogen-bond acceptors (Lipinski definition) is 2. The normalized spacial score (nSPS) is 20.0. The van der Waals surface area contributed by atoms with E-state index in [1.165, 1.54) is 89.0 Å². The second kappa shape index (κ2) is 16.3. The van der Waals surface area contributed by atoms with Crippen molar-refractivity contribution in [2.75, 3.05) is 13.2 Å². The van der Waals surface area contributed by atoms with E-state index >= 15 is 0 Å². The second-order valence-electron chi connectivity index (χ2n) is 7.58. The third-order valence-electron chi connectivity index (χ3n) is 5.07. The summed E-state index contributed by atoms with van der Waals surface area (Å²) in [6.45, 7) is 6.06. The molecule has 0 aromatic heterocycles. The standard InChI is InChI=1S/C22H41BrO2/c1-3-4-5-6-7-8-9-10-13-21(23)16-15-20(2)17-19-25-22-14-11-12-18-24-22/h17,21-22H,3-16,18-19H2,1-2H3/b20-17+. The van der Waals surface area contributed by atoms with E-state index in [0.717, 1.165) is 13.0 Å². The van der Waals surface area contributed by atoms with Crippen LogP contribution in [0.2, 0.25) is 0 Å². The summed E-state index contributed by atoms with van der Waals surface area (Å²) in [6.07, 6.45) is 20.7. The topological polar surface area (TPSA) is 18.5 Å². The van der Waals surface area contributed by atoms with E-state index in [4.69, 9.17) is 9.47 Å². The van der Waals surface area contributed by atoms with Crippen molar-refractivity contribution in [2.45, 2.75) is 115 Å². The van der Waals surface area contributed by atoms with Gasteiger partial charge in [0.25, 0.3) is 0 Å². The summed E-state index contributed by atoms with van der Waals surface area (Å²) in [7, 11) is 0. The zero-order valence-corrected chi connectivity index (χ0v) is 18.3. The number of halogens is 1. The Morgan fingerprint density at radius 1 is 1.08 bits per heavy atom.